The van der Waals surface area contributed by atoms with Gasteiger partial charge in [0.15, 0.2) is 5.96 Å². The second kappa shape index (κ2) is 16.3. The summed E-state index contributed by atoms with van der Waals surface area (Å²) >= 11 is 0. The topological polar surface area (TPSA) is 275 Å². The third kappa shape index (κ3) is 11.4. The number of carbonyl (C=O) groups excluding carboxylic acids is 4. The molecule has 1 aliphatic rings. The zero-order valence-electron chi connectivity index (χ0n) is 21.1. The van der Waals surface area contributed by atoms with Crippen molar-refractivity contribution in [3.05, 3.63) is 0 Å². The smallest absolute Gasteiger partial charge is 0.326 e. The van der Waals surface area contributed by atoms with E-state index in [0.29, 0.717) is 38.6 Å². The molecule has 37 heavy (non-hydrogen) atoms. The van der Waals surface area contributed by atoms with Gasteiger partial charge < -0.3 is 49.3 Å². The minimum Gasteiger partial charge on any atom is -0.480 e. The fourth-order valence-corrected chi connectivity index (χ4v) is 3.99. The lowest BCUT2D eigenvalue weighted by molar-refractivity contribution is -0.149. The standard InChI is InChI=1S/C22H41N9O6/c23-10-2-1-5-14(29-18(33)13(24)8-9-17(25)32)19(34)30-15(6-3-11-28-22(26)27)20(35)31-12-4-7-16(31)21(36)37/h13-16H,1-12,23-24H2,(H2,25,32)(H,29,33)(H,30,34)(H,36,37)(H4,26,27,28). The van der Waals surface area contributed by atoms with Gasteiger partial charge in [-0.3, -0.25) is 24.2 Å². The average Bonchev–Trinajstić information content (AvgIpc) is 3.33. The number of carboxylic acids is 1. The largest absolute Gasteiger partial charge is 0.480 e. The summed E-state index contributed by atoms with van der Waals surface area (Å²) in [6.45, 7) is 0.842. The molecule has 0 spiro atoms. The highest BCUT2D eigenvalue weighted by Crippen LogP contribution is 2.20. The van der Waals surface area contributed by atoms with Gasteiger partial charge in [0, 0.05) is 19.5 Å². The zero-order valence-corrected chi connectivity index (χ0v) is 21.1. The van der Waals surface area contributed by atoms with E-state index in [4.69, 9.17) is 28.7 Å². The molecule has 1 aliphatic heterocycles. The molecule has 210 valence electrons. The Balaban J connectivity index is 3.02. The van der Waals surface area contributed by atoms with E-state index in [9.17, 15) is 29.1 Å². The molecule has 1 fully saturated rings. The second-order valence-electron chi connectivity index (χ2n) is 8.99. The van der Waals surface area contributed by atoms with Gasteiger partial charge in [-0.05, 0) is 57.9 Å². The third-order valence-electron chi connectivity index (χ3n) is 6.00. The molecule has 4 amide bonds. The number of carbonyl (C=O) groups is 5. The van der Waals surface area contributed by atoms with E-state index in [1.807, 2.05) is 0 Å². The average molecular weight is 528 g/mol. The van der Waals surface area contributed by atoms with Crippen molar-refractivity contribution in [3.8, 4) is 0 Å². The number of carboxylic acid groups (broad SMARTS) is 1. The van der Waals surface area contributed by atoms with Gasteiger partial charge in [-0.1, -0.05) is 0 Å². The molecule has 0 saturated carbocycles. The van der Waals surface area contributed by atoms with Crippen LogP contribution < -0.4 is 39.3 Å². The number of nitrogens with zero attached hydrogens (tertiary/aromatic N) is 2. The number of aliphatic carboxylic acids is 1. The number of aliphatic imine (C=N–C) groups is 1. The summed E-state index contributed by atoms with van der Waals surface area (Å²) in [4.78, 5) is 66.8. The van der Waals surface area contributed by atoms with Crippen molar-refractivity contribution >= 4 is 35.6 Å². The number of nitrogens with one attached hydrogen (secondary N) is 2. The van der Waals surface area contributed by atoms with Crippen LogP contribution in [0, 0.1) is 0 Å². The predicted molar refractivity (Wildman–Crippen MR) is 135 cm³/mol. The zero-order chi connectivity index (χ0) is 28.0. The first kappa shape index (κ1) is 31.6. The fourth-order valence-electron chi connectivity index (χ4n) is 3.99. The van der Waals surface area contributed by atoms with E-state index in [1.54, 1.807) is 0 Å². The van der Waals surface area contributed by atoms with Gasteiger partial charge in [0.2, 0.25) is 23.6 Å². The number of rotatable bonds is 17. The maximum atomic E-state index is 13.3. The van der Waals surface area contributed by atoms with Crippen LogP contribution in [0.2, 0.25) is 0 Å². The van der Waals surface area contributed by atoms with E-state index >= 15 is 0 Å². The molecule has 4 atom stereocenters. The molecule has 4 unspecified atom stereocenters. The molecule has 0 bridgehead atoms. The number of amides is 4. The lowest BCUT2D eigenvalue weighted by Crippen LogP contribution is -2.57. The predicted octanol–water partition coefficient (Wildman–Crippen LogP) is -3.19. The van der Waals surface area contributed by atoms with Gasteiger partial charge in [-0.2, -0.15) is 0 Å². The molecule has 15 nitrogen and oxygen atoms in total. The molecule has 1 heterocycles. The molecule has 0 aromatic rings. The minimum atomic E-state index is -1.12. The Morgan fingerprint density at radius 1 is 0.946 bits per heavy atom. The van der Waals surface area contributed by atoms with Gasteiger partial charge in [0.1, 0.15) is 18.1 Å². The maximum Gasteiger partial charge on any atom is 0.326 e. The van der Waals surface area contributed by atoms with Crippen LogP contribution in [-0.4, -0.2) is 89.4 Å². The van der Waals surface area contributed by atoms with E-state index < -0.39 is 53.8 Å². The number of primary amides is 1. The highest BCUT2D eigenvalue weighted by Gasteiger charge is 2.38. The fraction of sp³-hybridized carbons (Fsp3) is 0.727. The Kier molecular flexibility index (Phi) is 13.9. The van der Waals surface area contributed by atoms with Gasteiger partial charge in [0.05, 0.1) is 6.04 Å². The Labute approximate surface area is 215 Å². The van der Waals surface area contributed by atoms with Crippen LogP contribution in [0.1, 0.15) is 57.8 Å². The summed E-state index contributed by atoms with van der Waals surface area (Å²) in [6.07, 6.45) is 2.59. The molecule has 15 heteroatoms. The number of guanidine groups is 1. The lowest BCUT2D eigenvalue weighted by atomic mass is 10.0. The van der Waals surface area contributed by atoms with E-state index in [2.05, 4.69) is 15.6 Å². The SMILES string of the molecule is NCCCCC(NC(=O)C(N)CCC(N)=O)C(=O)NC(CCCN=C(N)N)C(=O)N1CCCC1C(=O)O. The number of hydrogen-bond acceptors (Lipinski definition) is 8. The summed E-state index contributed by atoms with van der Waals surface area (Å²) in [6, 6.07) is -4.12. The van der Waals surface area contributed by atoms with Crippen LogP contribution >= 0.6 is 0 Å². The van der Waals surface area contributed by atoms with Crippen molar-refractivity contribution < 1.29 is 29.1 Å². The first-order chi connectivity index (χ1) is 17.5. The maximum absolute atomic E-state index is 13.3. The van der Waals surface area contributed by atoms with E-state index in [1.165, 1.54) is 4.90 Å². The molecule has 13 N–H and O–H groups in total. The van der Waals surface area contributed by atoms with Crippen LogP contribution in [0.4, 0.5) is 0 Å². The molecule has 1 saturated heterocycles. The molecular formula is C22H41N9O6. The van der Waals surface area contributed by atoms with Crippen molar-refractivity contribution in [2.45, 2.75) is 82.0 Å². The number of likely N-dealkylation sites (tertiary alicyclic amines) is 1. The summed E-state index contributed by atoms with van der Waals surface area (Å²) < 4.78 is 0. The summed E-state index contributed by atoms with van der Waals surface area (Å²) in [7, 11) is 0. The molecule has 1 rings (SSSR count). The monoisotopic (exact) mass is 527 g/mol. The van der Waals surface area contributed by atoms with Crippen LogP contribution in [0.5, 0.6) is 0 Å². The molecule has 0 radical (unpaired) electrons. The van der Waals surface area contributed by atoms with Gasteiger partial charge in [-0.25, -0.2) is 4.79 Å². The van der Waals surface area contributed by atoms with Crippen molar-refractivity contribution in [3.63, 3.8) is 0 Å². The Hall–Kier alpha value is -3.46. The van der Waals surface area contributed by atoms with Gasteiger partial charge in [-0.15, -0.1) is 0 Å². The number of hydrogen-bond donors (Lipinski definition) is 8. The third-order valence-corrected chi connectivity index (χ3v) is 6.00. The minimum absolute atomic E-state index is 0.00967. The van der Waals surface area contributed by atoms with E-state index in [0.717, 1.165) is 0 Å². The van der Waals surface area contributed by atoms with Crippen LogP contribution in [0.3, 0.4) is 0 Å². The van der Waals surface area contributed by atoms with Crippen molar-refractivity contribution in [2.75, 3.05) is 19.6 Å². The van der Waals surface area contributed by atoms with Crippen LogP contribution in [-0.2, 0) is 24.0 Å². The van der Waals surface area contributed by atoms with Gasteiger partial charge in [0.25, 0.3) is 0 Å². The van der Waals surface area contributed by atoms with Crippen LogP contribution in [0.15, 0.2) is 4.99 Å². The summed E-state index contributed by atoms with van der Waals surface area (Å²) in [5, 5.41) is 14.7. The Bertz CT molecular complexity index is 833. The lowest BCUT2D eigenvalue weighted by Gasteiger charge is -2.29. The number of unbranched alkanes of at least 4 members (excludes halogenated alkanes) is 1. The van der Waals surface area contributed by atoms with Crippen LogP contribution in [0.25, 0.3) is 0 Å². The highest BCUT2D eigenvalue weighted by molar-refractivity contribution is 5.94. The van der Waals surface area contributed by atoms with Crippen molar-refractivity contribution in [2.24, 2.45) is 33.7 Å². The van der Waals surface area contributed by atoms with E-state index in [-0.39, 0.29) is 44.7 Å². The normalized spacial score (nSPS) is 17.4. The first-order valence-corrected chi connectivity index (χ1v) is 12.4. The molecular weight excluding hydrogens is 486 g/mol. The summed E-state index contributed by atoms with van der Waals surface area (Å²) in [5.41, 5.74) is 27.2. The molecule has 0 aliphatic carbocycles. The van der Waals surface area contributed by atoms with Crippen molar-refractivity contribution in [1.82, 2.24) is 15.5 Å². The van der Waals surface area contributed by atoms with Crippen molar-refractivity contribution in [1.29, 1.82) is 0 Å². The highest BCUT2D eigenvalue weighted by atomic mass is 16.4. The Morgan fingerprint density at radius 2 is 1.59 bits per heavy atom. The second-order valence-corrected chi connectivity index (χ2v) is 8.99. The Morgan fingerprint density at radius 3 is 2.19 bits per heavy atom. The first-order valence-electron chi connectivity index (χ1n) is 12.4. The molecule has 0 aromatic heterocycles. The number of nitrogens with two attached hydrogens (primary N) is 5. The van der Waals surface area contributed by atoms with Gasteiger partial charge >= 0.3 is 5.97 Å². The summed E-state index contributed by atoms with van der Waals surface area (Å²) in [5.74, 6) is -3.65. The quantitative estimate of drug-likeness (QED) is 0.0532. The molecule has 0 aromatic carbocycles.